The van der Waals surface area contributed by atoms with Crippen molar-refractivity contribution in [1.82, 2.24) is 0 Å². The second kappa shape index (κ2) is 8.23. The van der Waals surface area contributed by atoms with Crippen molar-refractivity contribution in [2.45, 2.75) is 26.2 Å². The van der Waals surface area contributed by atoms with Gasteiger partial charge in [0, 0.05) is 4.88 Å². The van der Waals surface area contributed by atoms with E-state index in [9.17, 15) is 9.59 Å². The molecular formula is C20H20N2O4S. The molecule has 0 fully saturated rings. The number of ether oxygens (including phenoxy) is 2. The van der Waals surface area contributed by atoms with E-state index in [0.717, 1.165) is 29.7 Å². The summed E-state index contributed by atoms with van der Waals surface area (Å²) < 4.78 is 10.4. The molecule has 7 heteroatoms. The van der Waals surface area contributed by atoms with Crippen LogP contribution in [0.15, 0.2) is 24.3 Å². The van der Waals surface area contributed by atoms with Crippen LogP contribution in [-0.2, 0) is 22.4 Å². The number of hydrogen-bond donors (Lipinski definition) is 1. The Balaban J connectivity index is 1.71. The monoisotopic (exact) mass is 384 g/mol. The number of carbonyl (C=O) groups excluding carboxylic acids is 2. The van der Waals surface area contributed by atoms with E-state index in [1.54, 1.807) is 24.3 Å². The lowest BCUT2D eigenvalue weighted by Crippen LogP contribution is -2.21. The molecule has 1 heterocycles. The Morgan fingerprint density at radius 3 is 2.74 bits per heavy atom. The van der Waals surface area contributed by atoms with Gasteiger partial charge in [-0.1, -0.05) is 6.92 Å². The Morgan fingerprint density at radius 1 is 1.33 bits per heavy atom. The molecular weight excluding hydrogens is 364 g/mol. The van der Waals surface area contributed by atoms with Crippen molar-refractivity contribution in [3.8, 4) is 11.8 Å². The highest BCUT2D eigenvalue weighted by atomic mass is 32.1. The second-order valence-corrected chi connectivity index (χ2v) is 7.63. The van der Waals surface area contributed by atoms with E-state index in [1.165, 1.54) is 18.4 Å². The fourth-order valence-electron chi connectivity index (χ4n) is 3.09. The molecule has 1 atom stereocenters. The minimum Gasteiger partial charge on any atom is -0.484 e. The molecule has 140 valence electrons. The van der Waals surface area contributed by atoms with Gasteiger partial charge in [0.15, 0.2) is 6.61 Å². The summed E-state index contributed by atoms with van der Waals surface area (Å²) in [5.41, 5.74) is 1.98. The number of nitriles is 1. The van der Waals surface area contributed by atoms with Crippen molar-refractivity contribution >= 4 is 28.2 Å². The maximum absolute atomic E-state index is 12.3. The Bertz CT molecular complexity index is 896. The molecule has 3 rings (SSSR count). The van der Waals surface area contributed by atoms with Crippen LogP contribution in [0.3, 0.4) is 0 Å². The molecule has 1 N–H and O–H groups in total. The summed E-state index contributed by atoms with van der Waals surface area (Å²) in [7, 11) is 1.34. The van der Waals surface area contributed by atoms with Crippen LogP contribution in [0.4, 0.5) is 5.00 Å². The number of thiophene rings is 1. The minimum atomic E-state index is -0.426. The Labute approximate surface area is 161 Å². The molecule has 0 saturated heterocycles. The first-order valence-corrected chi connectivity index (χ1v) is 9.49. The summed E-state index contributed by atoms with van der Waals surface area (Å²) in [6.07, 6.45) is 2.74. The standard InChI is InChI=1S/C20H20N2O4S/c1-12-3-8-15-16(9-12)27-19(18(15)20(24)25-2)22-17(23)11-26-14-6-4-13(10-21)5-7-14/h4-7,12H,3,8-9,11H2,1-2H3,(H,22,23). The van der Waals surface area contributed by atoms with E-state index >= 15 is 0 Å². The highest BCUT2D eigenvalue weighted by Crippen LogP contribution is 2.40. The van der Waals surface area contributed by atoms with Crippen molar-refractivity contribution in [2.24, 2.45) is 5.92 Å². The van der Waals surface area contributed by atoms with E-state index in [0.29, 0.717) is 27.8 Å². The molecule has 27 heavy (non-hydrogen) atoms. The van der Waals surface area contributed by atoms with Crippen molar-refractivity contribution in [3.63, 3.8) is 0 Å². The third-order valence-electron chi connectivity index (χ3n) is 4.51. The van der Waals surface area contributed by atoms with Crippen LogP contribution in [0.2, 0.25) is 0 Å². The topological polar surface area (TPSA) is 88.4 Å². The molecule has 6 nitrogen and oxygen atoms in total. The average molecular weight is 384 g/mol. The molecule has 0 bridgehead atoms. The molecule has 1 unspecified atom stereocenters. The number of hydrogen-bond acceptors (Lipinski definition) is 6. The Morgan fingerprint density at radius 2 is 2.07 bits per heavy atom. The number of rotatable bonds is 5. The zero-order valence-corrected chi connectivity index (χ0v) is 16.0. The van der Waals surface area contributed by atoms with Gasteiger partial charge in [0.1, 0.15) is 10.8 Å². The number of nitrogens with one attached hydrogen (secondary N) is 1. The van der Waals surface area contributed by atoms with Gasteiger partial charge >= 0.3 is 5.97 Å². The highest BCUT2D eigenvalue weighted by Gasteiger charge is 2.28. The first kappa shape index (κ1) is 18.9. The van der Waals surface area contributed by atoms with Crippen LogP contribution in [0.5, 0.6) is 5.75 Å². The van der Waals surface area contributed by atoms with Crippen molar-refractivity contribution < 1.29 is 19.1 Å². The van der Waals surface area contributed by atoms with Crippen LogP contribution in [-0.4, -0.2) is 25.6 Å². The van der Waals surface area contributed by atoms with Gasteiger partial charge in [-0.05, 0) is 55.0 Å². The van der Waals surface area contributed by atoms with Crippen LogP contribution >= 0.6 is 11.3 Å². The van der Waals surface area contributed by atoms with Crippen LogP contribution in [0.1, 0.15) is 39.7 Å². The molecule has 2 aromatic rings. The molecule has 0 spiro atoms. The number of amides is 1. The average Bonchev–Trinajstić information content (AvgIpc) is 3.02. The predicted octanol–water partition coefficient (Wildman–Crippen LogP) is 3.55. The number of carbonyl (C=O) groups is 2. The molecule has 0 saturated carbocycles. The summed E-state index contributed by atoms with van der Waals surface area (Å²) in [4.78, 5) is 25.7. The summed E-state index contributed by atoms with van der Waals surface area (Å²) in [5, 5.41) is 12.1. The van der Waals surface area contributed by atoms with E-state index < -0.39 is 5.97 Å². The van der Waals surface area contributed by atoms with Gasteiger partial charge in [-0.25, -0.2) is 4.79 Å². The summed E-state index contributed by atoms with van der Waals surface area (Å²) in [5.74, 6) is 0.281. The lowest BCUT2D eigenvalue weighted by Gasteiger charge is -2.18. The number of anilines is 1. The van der Waals surface area contributed by atoms with E-state index in [1.807, 2.05) is 6.07 Å². The third kappa shape index (κ3) is 4.29. The number of nitrogens with zero attached hydrogens (tertiary/aromatic N) is 1. The maximum Gasteiger partial charge on any atom is 0.341 e. The van der Waals surface area contributed by atoms with Gasteiger partial charge in [-0.2, -0.15) is 5.26 Å². The normalized spacial score (nSPS) is 15.4. The zero-order valence-electron chi connectivity index (χ0n) is 15.2. The lowest BCUT2D eigenvalue weighted by atomic mass is 9.88. The van der Waals surface area contributed by atoms with E-state index in [4.69, 9.17) is 14.7 Å². The largest absolute Gasteiger partial charge is 0.484 e. The van der Waals surface area contributed by atoms with Gasteiger partial charge < -0.3 is 14.8 Å². The van der Waals surface area contributed by atoms with Gasteiger partial charge in [0.05, 0.1) is 24.3 Å². The first-order valence-electron chi connectivity index (χ1n) is 8.67. The van der Waals surface area contributed by atoms with Gasteiger partial charge in [-0.15, -0.1) is 11.3 Å². The van der Waals surface area contributed by atoms with E-state index in [-0.39, 0.29) is 12.5 Å². The van der Waals surface area contributed by atoms with Crippen LogP contribution < -0.4 is 10.1 Å². The summed E-state index contributed by atoms with van der Waals surface area (Å²) >= 11 is 1.44. The smallest absolute Gasteiger partial charge is 0.341 e. The molecule has 0 radical (unpaired) electrons. The molecule has 1 aromatic heterocycles. The zero-order chi connectivity index (χ0) is 19.4. The second-order valence-electron chi connectivity index (χ2n) is 6.52. The molecule has 1 aliphatic rings. The Kier molecular flexibility index (Phi) is 5.77. The quantitative estimate of drug-likeness (QED) is 0.797. The van der Waals surface area contributed by atoms with Gasteiger partial charge in [0.25, 0.3) is 5.91 Å². The molecule has 0 aliphatic heterocycles. The number of benzene rings is 1. The fraction of sp³-hybridized carbons (Fsp3) is 0.350. The summed E-state index contributed by atoms with van der Waals surface area (Å²) in [6.45, 7) is 2.00. The molecule has 1 amide bonds. The summed E-state index contributed by atoms with van der Waals surface area (Å²) in [6, 6.07) is 8.54. The maximum atomic E-state index is 12.3. The molecule has 1 aromatic carbocycles. The molecule has 1 aliphatic carbocycles. The highest BCUT2D eigenvalue weighted by molar-refractivity contribution is 7.17. The van der Waals surface area contributed by atoms with Crippen molar-refractivity contribution in [3.05, 3.63) is 45.8 Å². The number of fused-ring (bicyclic) bond motifs is 1. The predicted molar refractivity (Wildman–Crippen MR) is 102 cm³/mol. The van der Waals surface area contributed by atoms with Gasteiger partial charge in [0.2, 0.25) is 0 Å². The van der Waals surface area contributed by atoms with Crippen molar-refractivity contribution in [2.75, 3.05) is 19.0 Å². The Hall–Kier alpha value is -2.85. The third-order valence-corrected chi connectivity index (χ3v) is 5.68. The minimum absolute atomic E-state index is 0.189. The lowest BCUT2D eigenvalue weighted by molar-refractivity contribution is -0.118. The number of methoxy groups -OCH3 is 1. The van der Waals surface area contributed by atoms with Crippen molar-refractivity contribution in [1.29, 1.82) is 5.26 Å². The fourth-order valence-corrected chi connectivity index (χ4v) is 4.51. The van der Waals surface area contributed by atoms with Crippen LogP contribution in [0, 0.1) is 17.2 Å². The van der Waals surface area contributed by atoms with Crippen LogP contribution in [0.25, 0.3) is 0 Å². The SMILES string of the molecule is COC(=O)c1c(NC(=O)COc2ccc(C#N)cc2)sc2c1CCC(C)C2. The first-order chi connectivity index (χ1) is 13.0. The van der Waals surface area contributed by atoms with Gasteiger partial charge in [-0.3, -0.25) is 4.79 Å². The van der Waals surface area contributed by atoms with E-state index in [2.05, 4.69) is 12.2 Å². The number of esters is 1.